The molecule has 3 rings (SSSR count). The van der Waals surface area contributed by atoms with Crippen molar-refractivity contribution in [3.05, 3.63) is 29.6 Å². The molecule has 6 nitrogen and oxygen atoms in total. The quantitative estimate of drug-likeness (QED) is 0.790. The van der Waals surface area contributed by atoms with Gasteiger partial charge in [0.25, 0.3) is 0 Å². The highest BCUT2D eigenvalue weighted by atomic mass is 32.2. The van der Waals surface area contributed by atoms with E-state index in [4.69, 9.17) is 4.98 Å². The zero-order valence-corrected chi connectivity index (χ0v) is 17.9. The highest BCUT2D eigenvalue weighted by Gasteiger charge is 2.40. The molecule has 1 aliphatic rings. The van der Waals surface area contributed by atoms with Crippen LogP contribution in [0.1, 0.15) is 51.3 Å². The molecule has 2 aromatic rings. The number of aromatic amines is 1. The van der Waals surface area contributed by atoms with Crippen LogP contribution < -0.4 is 5.32 Å². The number of piperazine rings is 1. The van der Waals surface area contributed by atoms with E-state index < -0.39 is 9.84 Å². The molecule has 1 saturated heterocycles. The van der Waals surface area contributed by atoms with Crippen LogP contribution in [0.4, 0.5) is 0 Å². The summed E-state index contributed by atoms with van der Waals surface area (Å²) in [5.41, 5.74) is 4.10. The Morgan fingerprint density at radius 1 is 1.37 bits per heavy atom. The molecule has 2 atom stereocenters. The summed E-state index contributed by atoms with van der Waals surface area (Å²) >= 11 is 0. The molecule has 2 aromatic heterocycles. The van der Waals surface area contributed by atoms with Crippen molar-refractivity contribution in [1.82, 2.24) is 20.2 Å². The van der Waals surface area contributed by atoms with E-state index in [1.165, 1.54) is 11.8 Å². The average molecular weight is 393 g/mol. The third-order valence-corrected chi connectivity index (χ3v) is 6.75. The molecule has 1 fully saturated rings. The number of nitrogens with zero attached hydrogens (tertiary/aromatic N) is 2. The first-order valence-electron chi connectivity index (χ1n) is 9.75. The summed E-state index contributed by atoms with van der Waals surface area (Å²) in [7, 11) is -2.94. The highest BCUT2D eigenvalue weighted by Crippen LogP contribution is 2.33. The van der Waals surface area contributed by atoms with E-state index in [2.05, 4.69) is 61.2 Å². The summed E-state index contributed by atoms with van der Waals surface area (Å²) in [6.07, 6.45) is 4.00. The molecule has 2 unspecified atom stereocenters. The fraction of sp³-hybridized carbons (Fsp3) is 0.650. The van der Waals surface area contributed by atoms with Crippen molar-refractivity contribution in [2.45, 2.75) is 51.6 Å². The topological polar surface area (TPSA) is 78.1 Å². The monoisotopic (exact) mass is 392 g/mol. The molecule has 27 heavy (non-hydrogen) atoms. The fourth-order valence-corrected chi connectivity index (χ4v) is 4.84. The molecule has 0 aromatic carbocycles. The lowest BCUT2D eigenvalue weighted by molar-refractivity contribution is 0.0268. The number of pyridine rings is 1. The Labute approximate surface area is 162 Å². The molecule has 0 aliphatic carbocycles. The summed E-state index contributed by atoms with van der Waals surface area (Å²) < 4.78 is 23.1. The van der Waals surface area contributed by atoms with Gasteiger partial charge < -0.3 is 10.3 Å². The Morgan fingerprint density at radius 3 is 2.78 bits per heavy atom. The Morgan fingerprint density at radius 2 is 2.11 bits per heavy atom. The van der Waals surface area contributed by atoms with Gasteiger partial charge in [0.1, 0.15) is 9.84 Å². The second kappa shape index (κ2) is 7.53. The number of hydrogen-bond donors (Lipinski definition) is 2. The lowest BCUT2D eigenvalue weighted by atomic mass is 9.89. The molecule has 0 saturated carbocycles. The first-order chi connectivity index (χ1) is 12.6. The van der Waals surface area contributed by atoms with Crippen molar-refractivity contribution in [2.75, 3.05) is 31.6 Å². The van der Waals surface area contributed by atoms with Gasteiger partial charge in [-0.05, 0) is 43.9 Å². The lowest BCUT2D eigenvalue weighted by Gasteiger charge is -2.48. The van der Waals surface area contributed by atoms with Crippen molar-refractivity contribution < 1.29 is 8.42 Å². The van der Waals surface area contributed by atoms with Crippen LogP contribution in [0.5, 0.6) is 0 Å². The summed E-state index contributed by atoms with van der Waals surface area (Å²) in [6.45, 7) is 11.2. The third-order valence-electron chi connectivity index (χ3n) is 5.71. The number of fused-ring (bicyclic) bond motifs is 1. The van der Waals surface area contributed by atoms with E-state index in [-0.39, 0.29) is 11.3 Å². The van der Waals surface area contributed by atoms with Crippen LogP contribution in [0.15, 0.2) is 18.3 Å². The molecule has 2 N–H and O–H groups in total. The summed E-state index contributed by atoms with van der Waals surface area (Å²) in [5, 5.41) is 3.53. The number of nitrogens with one attached hydrogen (secondary N) is 2. The second-order valence-corrected chi connectivity index (χ2v) is 10.7. The zero-order valence-electron chi connectivity index (χ0n) is 17.0. The number of H-pyrrole nitrogens is 1. The Balaban J connectivity index is 1.95. The fourth-order valence-electron chi connectivity index (χ4n) is 4.18. The molecular weight excluding hydrogens is 360 g/mol. The SMILES string of the molecule is CC(C)c1c[nH]c2ccc(C3(C)CNCC(C)N3CCCS(C)(=O)=O)nc12. The van der Waals surface area contributed by atoms with Gasteiger partial charge in [-0.2, -0.15) is 0 Å². The van der Waals surface area contributed by atoms with E-state index in [0.717, 1.165) is 36.4 Å². The van der Waals surface area contributed by atoms with Gasteiger partial charge in [0.15, 0.2) is 0 Å². The first-order valence-corrected chi connectivity index (χ1v) is 11.8. The van der Waals surface area contributed by atoms with E-state index in [1.54, 1.807) is 0 Å². The Hall–Kier alpha value is -1.44. The van der Waals surface area contributed by atoms with E-state index in [9.17, 15) is 8.42 Å². The van der Waals surface area contributed by atoms with Crippen molar-refractivity contribution in [2.24, 2.45) is 0 Å². The van der Waals surface area contributed by atoms with Crippen molar-refractivity contribution in [1.29, 1.82) is 0 Å². The van der Waals surface area contributed by atoms with Gasteiger partial charge in [0.2, 0.25) is 0 Å². The zero-order chi connectivity index (χ0) is 19.8. The van der Waals surface area contributed by atoms with Crippen molar-refractivity contribution in [3.63, 3.8) is 0 Å². The predicted octanol–water partition coefficient (Wildman–Crippen LogP) is 2.63. The van der Waals surface area contributed by atoms with Crippen LogP contribution in [0.2, 0.25) is 0 Å². The van der Waals surface area contributed by atoms with Gasteiger partial charge in [-0.25, -0.2) is 13.4 Å². The largest absolute Gasteiger partial charge is 0.360 e. The minimum absolute atomic E-state index is 0.224. The van der Waals surface area contributed by atoms with Gasteiger partial charge in [-0.15, -0.1) is 0 Å². The van der Waals surface area contributed by atoms with E-state index >= 15 is 0 Å². The van der Waals surface area contributed by atoms with Crippen molar-refractivity contribution in [3.8, 4) is 0 Å². The summed E-state index contributed by atoms with van der Waals surface area (Å²) in [5.74, 6) is 0.630. The first kappa shape index (κ1) is 20.3. The maximum absolute atomic E-state index is 11.6. The van der Waals surface area contributed by atoms with Crippen LogP contribution in [0, 0.1) is 0 Å². The van der Waals surface area contributed by atoms with Crippen LogP contribution in [-0.4, -0.2) is 61.0 Å². The Kier molecular flexibility index (Phi) is 5.66. The van der Waals surface area contributed by atoms with Crippen molar-refractivity contribution >= 4 is 20.9 Å². The van der Waals surface area contributed by atoms with Gasteiger partial charge in [0, 0.05) is 38.1 Å². The maximum atomic E-state index is 11.6. The standard InChI is InChI=1S/C20H32N4O2S/c1-14(2)16-12-22-17-7-8-18(23-19(16)17)20(4)13-21-11-15(3)24(20)9-6-10-27(5,25)26/h7-8,12,14-15,21-22H,6,9-11,13H2,1-5H3. The van der Waals surface area contributed by atoms with Gasteiger partial charge >= 0.3 is 0 Å². The van der Waals surface area contributed by atoms with Crippen LogP contribution in [0.3, 0.4) is 0 Å². The average Bonchev–Trinajstić information content (AvgIpc) is 3.00. The van der Waals surface area contributed by atoms with E-state index in [0.29, 0.717) is 18.4 Å². The molecule has 0 bridgehead atoms. The van der Waals surface area contributed by atoms with Crippen LogP contribution >= 0.6 is 0 Å². The number of sulfone groups is 1. The molecule has 7 heteroatoms. The van der Waals surface area contributed by atoms with Crippen LogP contribution in [0.25, 0.3) is 11.0 Å². The summed E-state index contributed by atoms with van der Waals surface area (Å²) in [6, 6.07) is 4.53. The lowest BCUT2D eigenvalue weighted by Crippen LogP contribution is -2.62. The van der Waals surface area contributed by atoms with Gasteiger partial charge in [0.05, 0.1) is 28.0 Å². The molecule has 0 amide bonds. The van der Waals surface area contributed by atoms with Gasteiger partial charge in [-0.3, -0.25) is 4.90 Å². The minimum atomic E-state index is -2.94. The summed E-state index contributed by atoms with van der Waals surface area (Å²) in [4.78, 5) is 10.8. The molecule has 0 spiro atoms. The predicted molar refractivity (Wildman–Crippen MR) is 111 cm³/mol. The molecule has 3 heterocycles. The normalized spacial score (nSPS) is 24.7. The number of aromatic nitrogens is 2. The maximum Gasteiger partial charge on any atom is 0.147 e. The number of rotatable bonds is 6. The molecule has 1 aliphatic heterocycles. The molecule has 0 radical (unpaired) electrons. The Bertz CT molecular complexity index is 906. The minimum Gasteiger partial charge on any atom is -0.360 e. The number of hydrogen-bond acceptors (Lipinski definition) is 5. The van der Waals surface area contributed by atoms with Gasteiger partial charge in [-0.1, -0.05) is 13.8 Å². The molecular formula is C20H32N4O2S. The smallest absolute Gasteiger partial charge is 0.147 e. The second-order valence-electron chi connectivity index (χ2n) is 8.42. The third kappa shape index (κ3) is 4.20. The molecule has 150 valence electrons. The highest BCUT2D eigenvalue weighted by molar-refractivity contribution is 7.90. The van der Waals surface area contributed by atoms with E-state index in [1.807, 2.05) is 0 Å². The van der Waals surface area contributed by atoms with Crippen LogP contribution in [-0.2, 0) is 15.4 Å².